The fourth-order valence-corrected chi connectivity index (χ4v) is 4.28. The smallest absolute Gasteiger partial charge is 0.326 e. The van der Waals surface area contributed by atoms with Gasteiger partial charge in [-0.2, -0.15) is 0 Å². The normalized spacial score (nSPS) is 12.8. The molecule has 0 aromatic heterocycles. The minimum Gasteiger partial charge on any atom is -0.480 e. The van der Waals surface area contributed by atoms with Crippen LogP contribution in [-0.2, 0) is 14.4 Å². The summed E-state index contributed by atoms with van der Waals surface area (Å²) in [5.41, 5.74) is 11.3. The van der Waals surface area contributed by atoms with E-state index in [0.717, 1.165) is 12.8 Å². The van der Waals surface area contributed by atoms with Gasteiger partial charge >= 0.3 is 5.97 Å². The first-order chi connectivity index (χ1) is 17.4. The molecule has 2 amide bonds. The van der Waals surface area contributed by atoms with Crippen LogP contribution in [0.3, 0.4) is 0 Å². The van der Waals surface area contributed by atoms with Crippen molar-refractivity contribution < 1.29 is 19.5 Å². The highest BCUT2D eigenvalue weighted by Crippen LogP contribution is 2.13. The second-order valence-electron chi connectivity index (χ2n) is 10.1. The van der Waals surface area contributed by atoms with Gasteiger partial charge in [0, 0.05) is 13.0 Å². The van der Waals surface area contributed by atoms with Gasteiger partial charge in [0.15, 0.2) is 0 Å². The third-order valence-electron chi connectivity index (χ3n) is 6.67. The number of unbranched alkanes of at least 4 members (excludes halogenated alkanes) is 14. The number of rotatable bonds is 26. The summed E-state index contributed by atoms with van der Waals surface area (Å²) in [6.07, 6.45) is 21.8. The van der Waals surface area contributed by atoms with Gasteiger partial charge in [0.25, 0.3) is 0 Å². The highest BCUT2D eigenvalue weighted by Gasteiger charge is 2.22. The van der Waals surface area contributed by atoms with Crippen molar-refractivity contribution in [3.05, 3.63) is 0 Å². The number of hydrogen-bond donors (Lipinski definition) is 5. The summed E-state index contributed by atoms with van der Waals surface area (Å²) in [5, 5.41) is 14.5. The van der Waals surface area contributed by atoms with E-state index in [1.165, 1.54) is 83.5 Å². The summed E-state index contributed by atoms with van der Waals surface area (Å²) in [6, 6.07) is -1.76. The summed E-state index contributed by atoms with van der Waals surface area (Å²) in [5.74, 6) is -1.53. The number of carbonyl (C=O) groups excluding carboxylic acids is 2. The second-order valence-corrected chi connectivity index (χ2v) is 10.1. The quantitative estimate of drug-likeness (QED) is 0.105. The Hall–Kier alpha value is -1.67. The van der Waals surface area contributed by atoms with E-state index in [1.807, 2.05) is 0 Å². The van der Waals surface area contributed by atoms with Crippen molar-refractivity contribution in [2.45, 2.75) is 147 Å². The van der Waals surface area contributed by atoms with E-state index in [-0.39, 0.29) is 12.3 Å². The number of nitrogens with two attached hydrogens (primary N) is 2. The van der Waals surface area contributed by atoms with E-state index in [9.17, 15) is 14.4 Å². The molecule has 8 heteroatoms. The molecule has 212 valence electrons. The number of hydrogen-bond acceptors (Lipinski definition) is 5. The predicted molar refractivity (Wildman–Crippen MR) is 148 cm³/mol. The van der Waals surface area contributed by atoms with E-state index >= 15 is 0 Å². The van der Waals surface area contributed by atoms with E-state index < -0.39 is 24.0 Å². The summed E-state index contributed by atoms with van der Waals surface area (Å²) in [4.78, 5) is 35.3. The molecule has 0 rings (SSSR count). The van der Waals surface area contributed by atoms with Crippen LogP contribution in [0.4, 0.5) is 0 Å². The zero-order chi connectivity index (χ0) is 26.9. The number of carbonyl (C=O) groups is 3. The van der Waals surface area contributed by atoms with E-state index in [1.54, 1.807) is 0 Å². The number of carboxylic acids is 1. The lowest BCUT2D eigenvalue weighted by atomic mass is 10.0. The van der Waals surface area contributed by atoms with Crippen LogP contribution in [-0.4, -0.2) is 48.1 Å². The minimum atomic E-state index is -1.09. The van der Waals surface area contributed by atoms with E-state index in [2.05, 4.69) is 17.6 Å². The van der Waals surface area contributed by atoms with Crippen LogP contribution >= 0.6 is 0 Å². The van der Waals surface area contributed by atoms with Gasteiger partial charge in [0.05, 0.1) is 6.04 Å². The van der Waals surface area contributed by atoms with Gasteiger partial charge in [0.1, 0.15) is 6.04 Å². The van der Waals surface area contributed by atoms with Gasteiger partial charge < -0.3 is 27.2 Å². The molecular weight excluding hydrogens is 456 g/mol. The van der Waals surface area contributed by atoms with Crippen LogP contribution in [0.15, 0.2) is 0 Å². The van der Waals surface area contributed by atoms with E-state index in [4.69, 9.17) is 16.6 Å². The molecule has 0 bridgehead atoms. The molecular formula is C28H56N4O4. The second kappa shape index (κ2) is 25.0. The summed E-state index contributed by atoms with van der Waals surface area (Å²) in [6.45, 7) is 3.09. The first kappa shape index (κ1) is 34.3. The summed E-state index contributed by atoms with van der Waals surface area (Å²) in [7, 11) is 0. The Morgan fingerprint density at radius 3 is 1.69 bits per heavy atom. The van der Waals surface area contributed by atoms with Gasteiger partial charge in [-0.1, -0.05) is 96.8 Å². The van der Waals surface area contributed by atoms with Crippen molar-refractivity contribution in [2.24, 2.45) is 11.5 Å². The topological polar surface area (TPSA) is 148 Å². The number of aliphatic carboxylic acids is 1. The van der Waals surface area contributed by atoms with Crippen molar-refractivity contribution in [2.75, 3.05) is 13.1 Å². The molecule has 8 nitrogen and oxygen atoms in total. The highest BCUT2D eigenvalue weighted by molar-refractivity contribution is 5.86. The van der Waals surface area contributed by atoms with Crippen molar-refractivity contribution in [3.8, 4) is 0 Å². The molecule has 0 saturated heterocycles. The molecule has 0 saturated carbocycles. The molecule has 0 fully saturated rings. The zero-order valence-corrected chi connectivity index (χ0v) is 23.0. The number of nitrogens with one attached hydrogen (secondary N) is 2. The third kappa shape index (κ3) is 21.6. The monoisotopic (exact) mass is 512 g/mol. The van der Waals surface area contributed by atoms with Gasteiger partial charge in [0.2, 0.25) is 11.8 Å². The number of amides is 2. The first-order valence-corrected chi connectivity index (χ1v) is 14.7. The molecule has 0 aliphatic carbocycles. The van der Waals surface area contributed by atoms with Crippen LogP contribution in [0.2, 0.25) is 0 Å². The molecule has 0 spiro atoms. The molecule has 0 aromatic carbocycles. The largest absolute Gasteiger partial charge is 0.480 e. The van der Waals surface area contributed by atoms with Crippen LogP contribution < -0.4 is 22.1 Å². The van der Waals surface area contributed by atoms with Crippen molar-refractivity contribution in [1.82, 2.24) is 10.6 Å². The molecule has 2 atom stereocenters. The fourth-order valence-electron chi connectivity index (χ4n) is 4.28. The van der Waals surface area contributed by atoms with Gasteiger partial charge in [-0.05, 0) is 38.6 Å². The molecule has 0 aromatic rings. The lowest BCUT2D eigenvalue weighted by Gasteiger charge is -2.17. The van der Waals surface area contributed by atoms with E-state index in [0.29, 0.717) is 38.8 Å². The summed E-state index contributed by atoms with van der Waals surface area (Å²) < 4.78 is 0. The zero-order valence-electron chi connectivity index (χ0n) is 23.0. The van der Waals surface area contributed by atoms with Crippen molar-refractivity contribution >= 4 is 17.8 Å². The predicted octanol–water partition coefficient (Wildman–Crippen LogP) is 4.78. The standard InChI is InChI=1S/C28H56N4O4/c1-2-3-4-5-6-7-8-9-10-11-12-13-14-15-16-21-26(33)31-23-18-19-24(30)27(34)32-25(28(35)36)20-17-22-29/h24-25H,2-23,29-30H2,1H3,(H,31,33)(H,32,34)(H,35,36)/t24-,25-/m0/s1. The van der Waals surface area contributed by atoms with Gasteiger partial charge in [-0.15, -0.1) is 0 Å². The average Bonchev–Trinajstić information content (AvgIpc) is 2.86. The summed E-state index contributed by atoms with van der Waals surface area (Å²) >= 11 is 0. The molecule has 7 N–H and O–H groups in total. The third-order valence-corrected chi connectivity index (χ3v) is 6.67. The van der Waals surface area contributed by atoms with Crippen LogP contribution in [0, 0.1) is 0 Å². The van der Waals surface area contributed by atoms with Crippen molar-refractivity contribution in [1.29, 1.82) is 0 Å². The fraction of sp³-hybridized carbons (Fsp3) is 0.893. The Bertz CT molecular complexity index is 560. The average molecular weight is 513 g/mol. The van der Waals surface area contributed by atoms with Crippen LogP contribution in [0.25, 0.3) is 0 Å². The minimum absolute atomic E-state index is 0.0374. The molecule has 36 heavy (non-hydrogen) atoms. The molecule has 0 aliphatic heterocycles. The SMILES string of the molecule is CCCCCCCCCCCCCCCCCC(=O)NCCC[C@H](N)C(=O)N[C@@H](CCCN)C(=O)O. The lowest BCUT2D eigenvalue weighted by Crippen LogP contribution is -2.48. The number of carboxylic acid groups (broad SMARTS) is 1. The molecule has 0 aliphatic rings. The Morgan fingerprint density at radius 2 is 1.22 bits per heavy atom. The Kier molecular flexibility index (Phi) is 23.8. The maximum atomic E-state index is 12.1. The molecule has 0 unspecified atom stereocenters. The van der Waals surface area contributed by atoms with Gasteiger partial charge in [-0.25, -0.2) is 4.79 Å². The maximum Gasteiger partial charge on any atom is 0.326 e. The Balaban J connectivity index is 3.56. The first-order valence-electron chi connectivity index (χ1n) is 14.7. The Morgan fingerprint density at radius 1 is 0.722 bits per heavy atom. The lowest BCUT2D eigenvalue weighted by molar-refractivity contribution is -0.142. The Labute approximate surface area is 220 Å². The van der Waals surface area contributed by atoms with Crippen LogP contribution in [0.5, 0.6) is 0 Å². The molecule has 0 radical (unpaired) electrons. The van der Waals surface area contributed by atoms with Crippen LogP contribution in [0.1, 0.15) is 135 Å². The molecule has 0 heterocycles. The maximum absolute atomic E-state index is 12.1. The van der Waals surface area contributed by atoms with Gasteiger partial charge in [-0.3, -0.25) is 9.59 Å². The highest BCUT2D eigenvalue weighted by atomic mass is 16.4. The van der Waals surface area contributed by atoms with Crippen molar-refractivity contribution in [3.63, 3.8) is 0 Å².